The number of thiazole rings is 2. The van der Waals surface area contributed by atoms with E-state index in [4.69, 9.17) is 14.6 Å². The van der Waals surface area contributed by atoms with E-state index in [9.17, 15) is 14.7 Å². The van der Waals surface area contributed by atoms with Crippen LogP contribution in [0.15, 0.2) is 59.6 Å². The molecule has 0 saturated carbocycles. The van der Waals surface area contributed by atoms with Crippen LogP contribution in [0.1, 0.15) is 69.2 Å². The Kier molecular flexibility index (Phi) is 12.2. The van der Waals surface area contributed by atoms with Crippen molar-refractivity contribution in [1.29, 1.82) is 0 Å². The van der Waals surface area contributed by atoms with Crippen LogP contribution in [-0.4, -0.2) is 45.1 Å². The third kappa shape index (κ3) is 10.1. The van der Waals surface area contributed by atoms with Crippen molar-refractivity contribution in [2.75, 3.05) is 7.11 Å². The van der Waals surface area contributed by atoms with Crippen LogP contribution < -0.4 is 10.6 Å². The van der Waals surface area contributed by atoms with E-state index in [2.05, 4.69) is 20.6 Å². The van der Waals surface area contributed by atoms with E-state index in [0.717, 1.165) is 37.7 Å². The van der Waals surface area contributed by atoms with Crippen LogP contribution in [0.25, 0.3) is 20.9 Å². The van der Waals surface area contributed by atoms with Crippen molar-refractivity contribution in [3.05, 3.63) is 82.1 Å². The van der Waals surface area contributed by atoms with Gasteiger partial charge in [-0.3, -0.25) is 0 Å². The van der Waals surface area contributed by atoms with Gasteiger partial charge in [-0.25, -0.2) is 19.6 Å². The maximum Gasteiger partial charge on any atom is 0.408 e. The molecule has 0 aliphatic rings. The average molecular weight is 627 g/mol. The molecule has 43 heavy (non-hydrogen) atoms. The molecule has 0 saturated heterocycles. The molecule has 2 aromatic carbocycles. The molecule has 2 unspecified atom stereocenters. The van der Waals surface area contributed by atoms with Gasteiger partial charge in [-0.2, -0.15) is 0 Å². The summed E-state index contributed by atoms with van der Waals surface area (Å²) >= 11 is 3.06. The minimum Gasteiger partial charge on any atom is -0.465 e. The summed E-state index contributed by atoms with van der Waals surface area (Å²) in [6, 6.07) is 15.3. The van der Waals surface area contributed by atoms with Crippen LogP contribution in [0.2, 0.25) is 0 Å². The average Bonchev–Trinajstić information content (AvgIpc) is 3.62. The van der Waals surface area contributed by atoms with Crippen LogP contribution in [0, 0.1) is 0 Å². The third-order valence-corrected chi connectivity index (χ3v) is 7.97. The van der Waals surface area contributed by atoms with Crippen molar-refractivity contribution in [3.63, 3.8) is 0 Å². The van der Waals surface area contributed by atoms with Crippen LogP contribution in [0.4, 0.5) is 9.59 Å². The predicted octanol–water partition coefficient (Wildman–Crippen LogP) is 7.17. The molecule has 230 valence electrons. The molecule has 0 spiro atoms. The number of nitrogens with one attached hydrogen (secondary N) is 2. The summed E-state index contributed by atoms with van der Waals surface area (Å²) in [5.41, 5.74) is 8.58. The van der Waals surface area contributed by atoms with Crippen molar-refractivity contribution in [2.24, 2.45) is 0 Å². The molecular weight excluding hydrogens is 588 g/mol. The van der Waals surface area contributed by atoms with Crippen molar-refractivity contribution in [2.45, 2.75) is 65.5 Å². The Labute approximate surface area is 259 Å². The summed E-state index contributed by atoms with van der Waals surface area (Å²) in [6.07, 6.45) is -1.45. The van der Waals surface area contributed by atoms with Gasteiger partial charge in [0.1, 0.15) is 5.60 Å². The summed E-state index contributed by atoms with van der Waals surface area (Å²) < 4.78 is 10.4. The lowest BCUT2D eigenvalue weighted by atomic mass is 10.0. The minimum atomic E-state index is -1.02. The number of benzene rings is 2. The first-order valence-electron chi connectivity index (χ1n) is 13.6. The molecule has 10 nitrogen and oxygen atoms in total. The summed E-state index contributed by atoms with van der Waals surface area (Å²) in [5.74, 6) is 0. The van der Waals surface area contributed by atoms with E-state index in [1.54, 1.807) is 29.5 Å². The van der Waals surface area contributed by atoms with Crippen molar-refractivity contribution < 1.29 is 29.3 Å². The summed E-state index contributed by atoms with van der Waals surface area (Å²) in [7, 11) is 1.64. The topological polar surface area (TPSA) is 143 Å². The zero-order chi connectivity index (χ0) is 31.6. The number of methoxy groups -OCH3 is 1. The zero-order valence-electron chi connectivity index (χ0n) is 25.1. The van der Waals surface area contributed by atoms with E-state index in [1.165, 1.54) is 11.3 Å². The predicted molar refractivity (Wildman–Crippen MR) is 169 cm³/mol. The van der Waals surface area contributed by atoms with Gasteiger partial charge < -0.3 is 30.3 Å². The Hall–Kier alpha value is -3.84. The highest BCUT2D eigenvalue weighted by Gasteiger charge is 2.18. The Bertz CT molecular complexity index is 1460. The van der Waals surface area contributed by atoms with Gasteiger partial charge in [0.2, 0.25) is 0 Å². The van der Waals surface area contributed by atoms with Crippen molar-refractivity contribution >= 4 is 34.9 Å². The smallest absolute Gasteiger partial charge is 0.408 e. The maximum atomic E-state index is 11.8. The van der Waals surface area contributed by atoms with Gasteiger partial charge in [0.05, 0.1) is 57.5 Å². The fraction of sp³-hybridized carbons (Fsp3) is 0.355. The molecule has 0 bridgehead atoms. The molecule has 12 heteroatoms. The number of aromatic nitrogens is 2. The molecule has 2 heterocycles. The van der Waals surface area contributed by atoms with Gasteiger partial charge in [0, 0.05) is 7.11 Å². The second kappa shape index (κ2) is 15.6. The first-order chi connectivity index (χ1) is 20.4. The Balaban J connectivity index is 0.000000238. The normalized spacial score (nSPS) is 12.4. The largest absolute Gasteiger partial charge is 0.465 e. The standard InChI is InChI=1S/C17H22N2O3S.C14H16N2O3S/c1-11(19-16(21)22-17(2,3)4)12-5-7-13(8-6-12)15-14(9-20)18-10-23-15;1-9(16-14(17)18)10-3-5-11(6-4-10)13-12(7-19-2)15-8-20-13/h5-8,10-11,20H,9H2,1-4H3,(H,19,21);3-6,8-9,16H,7H2,1-2H3,(H,17,18). The van der Waals surface area contributed by atoms with Crippen LogP contribution in [-0.2, 0) is 22.7 Å². The maximum absolute atomic E-state index is 11.8. The number of carbonyl (C=O) groups excluding carboxylic acids is 1. The van der Waals surface area contributed by atoms with Gasteiger partial charge in [0.25, 0.3) is 0 Å². The SMILES string of the molecule is CC(NC(=O)OC(C)(C)C)c1ccc(-c2scnc2CO)cc1.COCc1ncsc1-c1ccc(C(C)NC(=O)O)cc1. The van der Waals surface area contributed by atoms with Gasteiger partial charge in [-0.1, -0.05) is 48.5 Å². The number of carbonyl (C=O) groups is 2. The minimum absolute atomic E-state index is 0.0722. The van der Waals surface area contributed by atoms with E-state index >= 15 is 0 Å². The number of aliphatic hydroxyl groups is 1. The van der Waals surface area contributed by atoms with E-state index in [-0.39, 0.29) is 18.7 Å². The second-order valence-electron chi connectivity index (χ2n) is 10.6. The Morgan fingerprint density at radius 2 is 1.30 bits per heavy atom. The number of carboxylic acid groups (broad SMARTS) is 1. The molecule has 0 aliphatic heterocycles. The summed E-state index contributed by atoms with van der Waals surface area (Å²) in [6.45, 7) is 9.63. The van der Waals surface area contributed by atoms with Crippen LogP contribution in [0.3, 0.4) is 0 Å². The number of aliphatic hydroxyl groups excluding tert-OH is 1. The highest BCUT2D eigenvalue weighted by molar-refractivity contribution is 7.13. The quantitative estimate of drug-likeness (QED) is 0.153. The number of alkyl carbamates (subject to hydrolysis) is 1. The van der Waals surface area contributed by atoms with E-state index < -0.39 is 17.8 Å². The molecular formula is C31H38N4O6S2. The molecule has 4 aromatic rings. The van der Waals surface area contributed by atoms with Gasteiger partial charge in [-0.05, 0) is 56.9 Å². The van der Waals surface area contributed by atoms with E-state index in [1.807, 2.05) is 83.1 Å². The van der Waals surface area contributed by atoms with Crippen molar-refractivity contribution in [3.8, 4) is 20.9 Å². The molecule has 2 atom stereocenters. The van der Waals surface area contributed by atoms with Crippen LogP contribution in [0.5, 0.6) is 0 Å². The molecule has 0 aliphatic carbocycles. The Morgan fingerprint density at radius 1 is 0.837 bits per heavy atom. The number of nitrogens with zero attached hydrogens (tertiary/aromatic N) is 2. The molecule has 0 radical (unpaired) electrons. The number of amides is 2. The Morgan fingerprint density at radius 3 is 1.74 bits per heavy atom. The summed E-state index contributed by atoms with van der Waals surface area (Å²) in [5, 5.41) is 23.3. The van der Waals surface area contributed by atoms with Gasteiger partial charge in [0.15, 0.2) is 0 Å². The highest BCUT2D eigenvalue weighted by Crippen LogP contribution is 2.30. The zero-order valence-corrected chi connectivity index (χ0v) is 26.7. The van der Waals surface area contributed by atoms with Crippen LogP contribution >= 0.6 is 22.7 Å². The second-order valence-corrected chi connectivity index (χ2v) is 12.3. The fourth-order valence-electron chi connectivity index (χ4n) is 4.04. The number of hydrogen-bond acceptors (Lipinski definition) is 9. The molecule has 4 N–H and O–H groups in total. The van der Waals surface area contributed by atoms with E-state index in [0.29, 0.717) is 12.3 Å². The highest BCUT2D eigenvalue weighted by atomic mass is 32.1. The van der Waals surface area contributed by atoms with Crippen molar-refractivity contribution in [1.82, 2.24) is 20.6 Å². The monoisotopic (exact) mass is 626 g/mol. The first kappa shape index (κ1) is 33.7. The lowest BCUT2D eigenvalue weighted by Gasteiger charge is -2.22. The molecule has 0 fully saturated rings. The molecule has 2 aromatic heterocycles. The number of ether oxygens (including phenoxy) is 2. The lowest BCUT2D eigenvalue weighted by Crippen LogP contribution is -2.34. The molecule has 4 rings (SSSR count). The lowest BCUT2D eigenvalue weighted by molar-refractivity contribution is 0.0508. The summed E-state index contributed by atoms with van der Waals surface area (Å²) in [4.78, 5) is 32.9. The molecule has 2 amide bonds. The fourth-order valence-corrected chi connectivity index (χ4v) is 5.66. The number of rotatable bonds is 9. The van der Waals surface area contributed by atoms with Gasteiger partial charge in [-0.15, -0.1) is 22.7 Å². The van der Waals surface area contributed by atoms with Gasteiger partial charge >= 0.3 is 12.2 Å². The third-order valence-electron chi connectivity index (χ3n) is 6.13. The first-order valence-corrected chi connectivity index (χ1v) is 15.3. The number of hydrogen-bond donors (Lipinski definition) is 4.